The van der Waals surface area contributed by atoms with Crippen LogP contribution in [0.5, 0.6) is 0 Å². The third-order valence-corrected chi connectivity index (χ3v) is 2.48. The summed E-state index contributed by atoms with van der Waals surface area (Å²) in [5, 5.41) is 9.78. The molecule has 1 unspecified atom stereocenters. The lowest BCUT2D eigenvalue weighted by Gasteiger charge is -2.32. The van der Waals surface area contributed by atoms with Crippen LogP contribution in [-0.2, 0) is 0 Å². The highest BCUT2D eigenvalue weighted by atomic mass is 16.3. The van der Waals surface area contributed by atoms with Gasteiger partial charge in [-0.1, -0.05) is 0 Å². The molecule has 1 aromatic heterocycles. The average Bonchev–Trinajstić information content (AvgIpc) is 2.17. The Morgan fingerprint density at radius 1 is 1.44 bits per heavy atom. The summed E-state index contributed by atoms with van der Waals surface area (Å²) in [6.07, 6.45) is 3.52. The van der Waals surface area contributed by atoms with Crippen molar-refractivity contribution in [1.82, 2.24) is 9.88 Å². The van der Waals surface area contributed by atoms with Crippen LogP contribution in [0.25, 0.3) is 0 Å². The minimum atomic E-state index is -0.713. The van der Waals surface area contributed by atoms with E-state index in [0.717, 1.165) is 5.56 Å². The second kappa shape index (κ2) is 5.39. The number of hydrogen-bond acceptors (Lipinski definition) is 4. The number of hydrogen-bond donors (Lipinski definition) is 2. The molecule has 4 heteroatoms. The van der Waals surface area contributed by atoms with Crippen LogP contribution in [0.15, 0.2) is 24.5 Å². The first kappa shape index (κ1) is 13.1. The molecule has 0 fully saturated rings. The van der Waals surface area contributed by atoms with Crippen LogP contribution in [0.1, 0.15) is 25.5 Å². The maximum atomic E-state index is 9.78. The van der Waals surface area contributed by atoms with E-state index in [2.05, 4.69) is 9.88 Å². The molecule has 1 aromatic rings. The van der Waals surface area contributed by atoms with Crippen LogP contribution in [0.3, 0.4) is 0 Å². The summed E-state index contributed by atoms with van der Waals surface area (Å²) in [7, 11) is 1.97. The van der Waals surface area contributed by atoms with Crippen molar-refractivity contribution in [3.8, 4) is 0 Å². The molecule has 3 N–H and O–H groups in total. The Balaban J connectivity index is 2.75. The summed E-state index contributed by atoms with van der Waals surface area (Å²) < 4.78 is 0. The maximum absolute atomic E-state index is 9.78. The third-order valence-electron chi connectivity index (χ3n) is 2.48. The molecule has 0 spiro atoms. The zero-order chi connectivity index (χ0) is 12.2. The van der Waals surface area contributed by atoms with E-state index in [9.17, 15) is 5.11 Å². The molecule has 1 heterocycles. The van der Waals surface area contributed by atoms with Gasteiger partial charge in [0.1, 0.15) is 0 Å². The van der Waals surface area contributed by atoms with Crippen molar-refractivity contribution in [1.29, 1.82) is 0 Å². The minimum absolute atomic E-state index is 0.120. The predicted molar refractivity (Wildman–Crippen MR) is 65.0 cm³/mol. The van der Waals surface area contributed by atoms with Crippen molar-refractivity contribution in [3.05, 3.63) is 30.1 Å². The second-order valence-electron chi connectivity index (χ2n) is 4.76. The maximum Gasteiger partial charge on any atom is 0.0718 e. The average molecular weight is 223 g/mol. The van der Waals surface area contributed by atoms with Crippen molar-refractivity contribution in [2.75, 3.05) is 20.1 Å². The summed E-state index contributed by atoms with van der Waals surface area (Å²) in [5.74, 6) is 0. The van der Waals surface area contributed by atoms with Crippen LogP contribution in [0, 0.1) is 0 Å². The van der Waals surface area contributed by atoms with Crippen LogP contribution in [0.2, 0.25) is 0 Å². The Morgan fingerprint density at radius 2 is 2.00 bits per heavy atom. The lowest BCUT2D eigenvalue weighted by Crippen LogP contribution is -2.40. The van der Waals surface area contributed by atoms with Gasteiger partial charge in [-0.3, -0.25) is 9.88 Å². The highest BCUT2D eigenvalue weighted by molar-refractivity contribution is 5.15. The topological polar surface area (TPSA) is 62.4 Å². The summed E-state index contributed by atoms with van der Waals surface area (Å²) in [6, 6.07) is 4.03. The molecular formula is C12H21N3O. The number of pyridine rings is 1. The summed E-state index contributed by atoms with van der Waals surface area (Å²) in [5.41, 5.74) is 6.20. The molecule has 0 aliphatic heterocycles. The molecule has 1 rings (SSSR count). The third kappa shape index (κ3) is 3.89. The van der Waals surface area contributed by atoms with Crippen molar-refractivity contribution in [2.45, 2.75) is 25.5 Å². The van der Waals surface area contributed by atoms with Crippen LogP contribution in [0.4, 0.5) is 0 Å². The first-order chi connectivity index (χ1) is 7.44. The second-order valence-corrected chi connectivity index (χ2v) is 4.76. The first-order valence-corrected chi connectivity index (χ1v) is 5.46. The number of nitrogens with two attached hydrogens (primary N) is 1. The highest BCUT2D eigenvalue weighted by Gasteiger charge is 2.21. The van der Waals surface area contributed by atoms with Crippen molar-refractivity contribution in [2.24, 2.45) is 5.73 Å². The standard InChI is InChI=1S/C12H21N3O/c1-12(2,16)9-15(3)11(8-13)10-4-6-14-7-5-10/h4-7,11,16H,8-9,13H2,1-3H3. The van der Waals surface area contributed by atoms with Crippen molar-refractivity contribution in [3.63, 3.8) is 0 Å². The lowest BCUT2D eigenvalue weighted by atomic mass is 10.0. The van der Waals surface area contributed by atoms with Gasteiger partial charge in [-0.05, 0) is 38.6 Å². The number of rotatable bonds is 5. The van der Waals surface area contributed by atoms with E-state index in [1.54, 1.807) is 26.2 Å². The molecule has 4 nitrogen and oxygen atoms in total. The predicted octanol–water partition coefficient (Wildman–Crippen LogP) is 0.784. The normalized spacial score (nSPS) is 14.1. The molecule has 0 saturated heterocycles. The van der Waals surface area contributed by atoms with Gasteiger partial charge in [-0.25, -0.2) is 0 Å². The van der Waals surface area contributed by atoms with Crippen LogP contribution in [-0.4, -0.2) is 40.7 Å². The monoisotopic (exact) mass is 223 g/mol. The molecule has 0 radical (unpaired) electrons. The summed E-state index contributed by atoms with van der Waals surface area (Å²) in [4.78, 5) is 6.05. The van der Waals surface area contributed by atoms with Crippen LogP contribution < -0.4 is 5.73 Å². The van der Waals surface area contributed by atoms with E-state index in [1.165, 1.54) is 0 Å². The fourth-order valence-electron chi connectivity index (χ4n) is 1.88. The Kier molecular flexibility index (Phi) is 4.41. The Labute approximate surface area is 97.1 Å². The number of likely N-dealkylation sites (N-methyl/N-ethyl adjacent to an activating group) is 1. The molecule has 0 aromatic carbocycles. The quantitative estimate of drug-likeness (QED) is 0.774. The molecule has 0 bridgehead atoms. The zero-order valence-electron chi connectivity index (χ0n) is 10.2. The van der Waals surface area contributed by atoms with Crippen LogP contribution >= 0.6 is 0 Å². The van der Waals surface area contributed by atoms with Gasteiger partial charge in [-0.2, -0.15) is 0 Å². The number of aliphatic hydroxyl groups is 1. The highest BCUT2D eigenvalue weighted by Crippen LogP contribution is 2.19. The van der Waals surface area contributed by atoms with Gasteiger partial charge >= 0.3 is 0 Å². The molecule has 16 heavy (non-hydrogen) atoms. The van der Waals surface area contributed by atoms with Crippen molar-refractivity contribution < 1.29 is 5.11 Å². The van der Waals surface area contributed by atoms with Gasteiger partial charge in [0, 0.05) is 31.5 Å². The molecule has 1 atom stereocenters. The Morgan fingerprint density at radius 3 is 2.44 bits per heavy atom. The fraction of sp³-hybridized carbons (Fsp3) is 0.583. The SMILES string of the molecule is CN(CC(C)(C)O)C(CN)c1ccncc1. The van der Waals surface area contributed by atoms with E-state index in [1.807, 2.05) is 19.2 Å². The van der Waals surface area contributed by atoms with E-state index in [-0.39, 0.29) is 6.04 Å². The number of nitrogens with zero attached hydrogens (tertiary/aromatic N) is 2. The summed E-state index contributed by atoms with van der Waals surface area (Å²) >= 11 is 0. The fourth-order valence-corrected chi connectivity index (χ4v) is 1.88. The van der Waals surface area contributed by atoms with Gasteiger partial charge in [-0.15, -0.1) is 0 Å². The summed E-state index contributed by atoms with van der Waals surface area (Å²) in [6.45, 7) is 4.70. The van der Waals surface area contributed by atoms with Gasteiger partial charge < -0.3 is 10.8 Å². The van der Waals surface area contributed by atoms with E-state index >= 15 is 0 Å². The molecule has 0 aliphatic carbocycles. The van der Waals surface area contributed by atoms with Crippen molar-refractivity contribution >= 4 is 0 Å². The van der Waals surface area contributed by atoms with Gasteiger partial charge in [0.15, 0.2) is 0 Å². The minimum Gasteiger partial charge on any atom is -0.389 e. The molecular weight excluding hydrogens is 202 g/mol. The van der Waals surface area contributed by atoms with E-state index in [4.69, 9.17) is 5.73 Å². The Hall–Kier alpha value is -0.970. The smallest absolute Gasteiger partial charge is 0.0718 e. The van der Waals surface area contributed by atoms with Gasteiger partial charge in [0.2, 0.25) is 0 Å². The largest absolute Gasteiger partial charge is 0.389 e. The Bertz CT molecular complexity index is 308. The van der Waals surface area contributed by atoms with E-state index in [0.29, 0.717) is 13.1 Å². The van der Waals surface area contributed by atoms with E-state index < -0.39 is 5.60 Å². The first-order valence-electron chi connectivity index (χ1n) is 5.46. The zero-order valence-corrected chi connectivity index (χ0v) is 10.2. The number of aromatic nitrogens is 1. The molecule has 0 aliphatic rings. The van der Waals surface area contributed by atoms with Gasteiger partial charge in [0.25, 0.3) is 0 Å². The lowest BCUT2D eigenvalue weighted by molar-refractivity contribution is 0.0321. The molecule has 0 saturated carbocycles. The molecule has 90 valence electrons. The van der Waals surface area contributed by atoms with Gasteiger partial charge in [0.05, 0.1) is 5.60 Å². The molecule has 0 amide bonds.